The number of benzene rings is 1. The highest BCUT2D eigenvalue weighted by Crippen LogP contribution is 2.41. The number of thiophene rings is 1. The van der Waals surface area contributed by atoms with Crippen LogP contribution in [-0.4, -0.2) is 64.1 Å². The number of hydrogen-bond donors (Lipinski definition) is 2. The second-order valence-corrected chi connectivity index (χ2v) is 10.2. The number of aldehydes is 1. The summed E-state index contributed by atoms with van der Waals surface area (Å²) >= 11 is 1.52. The lowest BCUT2D eigenvalue weighted by atomic mass is 10.1. The minimum Gasteiger partial charge on any atom is -0.381 e. The molecule has 1 saturated heterocycles. The van der Waals surface area contributed by atoms with Crippen molar-refractivity contribution in [3.63, 3.8) is 0 Å². The first-order valence-corrected chi connectivity index (χ1v) is 12.5. The molecule has 174 valence electrons. The number of nitrogens with zero attached hydrogens (tertiary/aromatic N) is 4. The van der Waals surface area contributed by atoms with Gasteiger partial charge in [-0.1, -0.05) is 0 Å². The van der Waals surface area contributed by atoms with Gasteiger partial charge in [-0.3, -0.25) is 14.4 Å². The van der Waals surface area contributed by atoms with Crippen molar-refractivity contribution >= 4 is 50.2 Å². The second-order valence-electron chi connectivity index (χ2n) is 9.17. The first-order valence-electron chi connectivity index (χ1n) is 11.7. The average Bonchev–Trinajstić information content (AvgIpc) is 3.45. The molecule has 1 amide bonds. The van der Waals surface area contributed by atoms with Crippen LogP contribution in [0.3, 0.4) is 0 Å². The Bertz CT molecular complexity index is 1400. The van der Waals surface area contributed by atoms with E-state index < -0.39 is 0 Å². The lowest BCUT2D eigenvalue weighted by Gasteiger charge is -2.30. The van der Waals surface area contributed by atoms with Gasteiger partial charge in [-0.15, -0.1) is 11.3 Å². The molecule has 34 heavy (non-hydrogen) atoms. The minimum absolute atomic E-state index is 0.0177. The number of fused-ring (bicyclic) bond motifs is 5. The number of piperidine rings is 1. The van der Waals surface area contributed by atoms with Gasteiger partial charge in [0.15, 0.2) is 0 Å². The van der Waals surface area contributed by atoms with Crippen molar-refractivity contribution in [2.24, 2.45) is 0 Å². The van der Waals surface area contributed by atoms with Gasteiger partial charge in [0.05, 0.1) is 35.7 Å². The Labute approximate surface area is 201 Å². The molecular weight excluding hydrogens is 448 g/mol. The number of amides is 1. The highest BCUT2D eigenvalue weighted by molar-refractivity contribution is 7.21. The fraction of sp³-hybridized carbons (Fsp3) is 0.360. The third-order valence-electron chi connectivity index (χ3n) is 6.85. The van der Waals surface area contributed by atoms with Crippen LogP contribution in [0.25, 0.3) is 32.2 Å². The van der Waals surface area contributed by atoms with Crippen LogP contribution >= 0.6 is 11.3 Å². The van der Waals surface area contributed by atoms with E-state index in [0.29, 0.717) is 19.1 Å². The molecule has 1 fully saturated rings. The third kappa shape index (κ3) is 3.65. The number of carbonyl (C=O) groups is 2. The van der Waals surface area contributed by atoms with Crippen molar-refractivity contribution in [3.05, 3.63) is 41.5 Å². The monoisotopic (exact) mass is 474 g/mol. The Balaban J connectivity index is 1.32. The Morgan fingerprint density at radius 1 is 1.21 bits per heavy atom. The van der Waals surface area contributed by atoms with Gasteiger partial charge in [0.2, 0.25) is 0 Å². The summed E-state index contributed by atoms with van der Waals surface area (Å²) in [6.07, 6.45) is 6.91. The van der Waals surface area contributed by atoms with Crippen molar-refractivity contribution in [2.45, 2.75) is 31.8 Å². The fourth-order valence-electron chi connectivity index (χ4n) is 5.03. The summed E-state index contributed by atoms with van der Waals surface area (Å²) in [5.74, 6) is -0.0177. The second kappa shape index (κ2) is 8.48. The predicted molar refractivity (Wildman–Crippen MR) is 135 cm³/mol. The van der Waals surface area contributed by atoms with E-state index in [1.807, 2.05) is 29.9 Å². The largest absolute Gasteiger partial charge is 0.381 e. The number of carbonyl (C=O) groups excluding carboxylic acids is 2. The third-order valence-corrected chi connectivity index (χ3v) is 8.01. The van der Waals surface area contributed by atoms with Gasteiger partial charge in [0, 0.05) is 52.9 Å². The molecule has 2 aliphatic heterocycles. The molecule has 3 aromatic heterocycles. The summed E-state index contributed by atoms with van der Waals surface area (Å²) in [5.41, 5.74) is 3.70. The number of anilines is 1. The first-order chi connectivity index (χ1) is 16.6. The van der Waals surface area contributed by atoms with Crippen LogP contribution in [0, 0.1) is 0 Å². The van der Waals surface area contributed by atoms with E-state index in [9.17, 15) is 9.59 Å². The quantitative estimate of drug-likeness (QED) is 0.438. The summed E-state index contributed by atoms with van der Waals surface area (Å²) in [5, 5.41) is 13.3. The number of rotatable bonds is 4. The molecule has 0 unspecified atom stereocenters. The molecule has 1 atom stereocenters. The molecule has 0 bridgehead atoms. The predicted octanol–water partition coefficient (Wildman–Crippen LogP) is 3.69. The Kier molecular flexibility index (Phi) is 5.30. The van der Waals surface area contributed by atoms with E-state index in [4.69, 9.17) is 4.98 Å². The zero-order chi connectivity index (χ0) is 23.2. The van der Waals surface area contributed by atoms with Crippen molar-refractivity contribution in [1.29, 1.82) is 0 Å². The molecule has 5 heterocycles. The molecule has 2 N–H and O–H groups in total. The van der Waals surface area contributed by atoms with Gasteiger partial charge in [0.25, 0.3) is 5.91 Å². The molecule has 6 rings (SSSR count). The molecule has 0 spiro atoms. The lowest BCUT2D eigenvalue weighted by molar-refractivity contribution is -0.109. The Morgan fingerprint density at radius 3 is 2.88 bits per heavy atom. The minimum atomic E-state index is -0.0177. The SMILES string of the molecule is C[C@@H]1CNc2c(sc3ccc4nc(-c5cnn(C6CCN(CC=O)CC6)c5)ccc4c23)C(=O)N1. The van der Waals surface area contributed by atoms with Crippen LogP contribution in [0.15, 0.2) is 36.7 Å². The number of hydrogen-bond acceptors (Lipinski definition) is 7. The van der Waals surface area contributed by atoms with Crippen LogP contribution < -0.4 is 10.6 Å². The average molecular weight is 475 g/mol. The smallest absolute Gasteiger partial charge is 0.263 e. The van der Waals surface area contributed by atoms with E-state index in [1.54, 1.807) is 0 Å². The maximum absolute atomic E-state index is 12.7. The number of nitrogens with one attached hydrogen (secondary N) is 2. The summed E-state index contributed by atoms with van der Waals surface area (Å²) in [7, 11) is 0. The lowest BCUT2D eigenvalue weighted by Crippen LogP contribution is -2.35. The van der Waals surface area contributed by atoms with Crippen LogP contribution in [0.2, 0.25) is 0 Å². The summed E-state index contributed by atoms with van der Waals surface area (Å²) < 4.78 is 3.13. The zero-order valence-electron chi connectivity index (χ0n) is 19.0. The number of pyridine rings is 1. The van der Waals surface area contributed by atoms with Crippen LogP contribution in [-0.2, 0) is 4.79 Å². The Morgan fingerprint density at radius 2 is 2.06 bits per heavy atom. The maximum atomic E-state index is 12.7. The molecule has 0 radical (unpaired) electrons. The molecular formula is C25H26N6O2S. The highest BCUT2D eigenvalue weighted by atomic mass is 32.1. The van der Waals surface area contributed by atoms with Gasteiger partial charge in [-0.05, 0) is 44.0 Å². The van der Waals surface area contributed by atoms with E-state index in [2.05, 4.69) is 39.0 Å². The van der Waals surface area contributed by atoms with Crippen molar-refractivity contribution < 1.29 is 9.59 Å². The first kappa shape index (κ1) is 21.2. The van der Waals surface area contributed by atoms with Crippen molar-refractivity contribution in [2.75, 3.05) is 31.5 Å². The molecule has 0 saturated carbocycles. The molecule has 0 aliphatic carbocycles. The maximum Gasteiger partial charge on any atom is 0.263 e. The van der Waals surface area contributed by atoms with Crippen LogP contribution in [0.1, 0.15) is 35.5 Å². The van der Waals surface area contributed by atoms with Crippen molar-refractivity contribution in [3.8, 4) is 11.3 Å². The molecule has 2 aliphatic rings. The molecule has 9 heteroatoms. The summed E-state index contributed by atoms with van der Waals surface area (Å²) in [4.78, 5) is 31.3. The number of likely N-dealkylation sites (tertiary alicyclic amines) is 1. The van der Waals surface area contributed by atoms with E-state index in [1.165, 1.54) is 11.3 Å². The number of aromatic nitrogens is 3. The van der Waals surface area contributed by atoms with Gasteiger partial charge in [-0.2, -0.15) is 5.10 Å². The van der Waals surface area contributed by atoms with E-state index >= 15 is 0 Å². The summed E-state index contributed by atoms with van der Waals surface area (Å²) in [6, 6.07) is 8.66. The van der Waals surface area contributed by atoms with Gasteiger partial charge >= 0.3 is 0 Å². The van der Waals surface area contributed by atoms with E-state index in [-0.39, 0.29) is 11.9 Å². The van der Waals surface area contributed by atoms with Gasteiger partial charge in [-0.25, -0.2) is 4.98 Å². The topological polar surface area (TPSA) is 92.2 Å². The zero-order valence-corrected chi connectivity index (χ0v) is 19.8. The van der Waals surface area contributed by atoms with Gasteiger partial charge in [0.1, 0.15) is 11.2 Å². The Hall–Kier alpha value is -3.30. The van der Waals surface area contributed by atoms with Crippen LogP contribution in [0.5, 0.6) is 0 Å². The summed E-state index contributed by atoms with van der Waals surface area (Å²) in [6.45, 7) is 5.04. The highest BCUT2D eigenvalue weighted by Gasteiger charge is 2.25. The molecule has 4 aromatic rings. The molecule has 1 aromatic carbocycles. The van der Waals surface area contributed by atoms with E-state index in [0.717, 1.165) is 75.0 Å². The van der Waals surface area contributed by atoms with Gasteiger partial charge < -0.3 is 15.4 Å². The van der Waals surface area contributed by atoms with Crippen LogP contribution in [0.4, 0.5) is 5.69 Å². The standard InChI is InChI=1S/C25H26N6O2S/c1-15-12-26-23-22-18-2-3-19(29-20(18)4-5-21(22)34-24(23)25(33)28-15)16-13-27-31(14-16)17-6-8-30(9-7-17)10-11-32/h2-5,11,13-15,17,26H,6-10,12H2,1H3,(H,28,33)/t15-/m1/s1. The fourth-order valence-corrected chi connectivity index (χ4v) is 6.13. The normalized spacial score (nSPS) is 19.6. The molecule has 8 nitrogen and oxygen atoms in total. The van der Waals surface area contributed by atoms with Crippen molar-refractivity contribution in [1.82, 2.24) is 25.0 Å².